The number of aliphatic carboxylic acids is 1. The highest BCUT2D eigenvalue weighted by molar-refractivity contribution is 5.78. The van der Waals surface area contributed by atoms with Gasteiger partial charge in [-0.05, 0) is 13.8 Å². The molecule has 100 valence electrons. The molecule has 0 aromatic carbocycles. The Bertz CT molecular complexity index is 226. The van der Waals surface area contributed by atoms with Crippen molar-refractivity contribution in [3.63, 3.8) is 0 Å². The van der Waals surface area contributed by atoms with Crippen molar-refractivity contribution in [3.05, 3.63) is 12.7 Å². The molecule has 0 radical (unpaired) electrons. The van der Waals surface area contributed by atoms with Gasteiger partial charge in [-0.25, -0.2) is 14.4 Å². The second-order valence-corrected chi connectivity index (χ2v) is 2.05. The molecule has 17 heavy (non-hydrogen) atoms. The quantitative estimate of drug-likeness (QED) is 0.621. The van der Waals surface area contributed by atoms with Crippen LogP contribution in [0.4, 0.5) is 9.59 Å². The fourth-order valence-electron chi connectivity index (χ4n) is 0.285. The predicted octanol–water partition coefficient (Wildman–Crippen LogP) is 0.460. The van der Waals surface area contributed by atoms with Crippen LogP contribution < -0.4 is 11.5 Å². The summed E-state index contributed by atoms with van der Waals surface area (Å²) in [5.41, 5.74) is 9.08. The smallest absolute Gasteiger partial charge is 0.404 e. The van der Waals surface area contributed by atoms with Gasteiger partial charge in [0.25, 0.3) is 0 Å². The van der Waals surface area contributed by atoms with Crippen LogP contribution >= 0.6 is 0 Å². The number of primary amides is 2. The summed E-state index contributed by atoms with van der Waals surface area (Å²) < 4.78 is 8.36. The molecular formula is C9H18N2O6. The van der Waals surface area contributed by atoms with Crippen molar-refractivity contribution in [2.75, 3.05) is 13.2 Å². The van der Waals surface area contributed by atoms with Crippen molar-refractivity contribution < 1.29 is 29.0 Å². The lowest BCUT2D eigenvalue weighted by molar-refractivity contribution is -0.131. The lowest BCUT2D eigenvalue weighted by atomic mass is 10.7. The molecule has 5 N–H and O–H groups in total. The summed E-state index contributed by atoms with van der Waals surface area (Å²) >= 11 is 0. The third kappa shape index (κ3) is 57.4. The van der Waals surface area contributed by atoms with Crippen LogP contribution in [-0.4, -0.2) is 36.5 Å². The summed E-state index contributed by atoms with van der Waals surface area (Å²) in [6, 6.07) is 0. The van der Waals surface area contributed by atoms with Gasteiger partial charge in [-0.15, -0.1) is 0 Å². The number of rotatable bonds is 3. The molecule has 0 aliphatic carbocycles. The number of carbonyl (C=O) groups is 3. The van der Waals surface area contributed by atoms with Gasteiger partial charge in [0.05, 0.1) is 13.2 Å². The maximum atomic E-state index is 9.60. The molecule has 0 aliphatic heterocycles. The molecule has 0 aromatic rings. The van der Waals surface area contributed by atoms with Gasteiger partial charge in [0.15, 0.2) is 0 Å². The number of carboxylic acid groups (broad SMARTS) is 1. The van der Waals surface area contributed by atoms with E-state index in [9.17, 15) is 14.4 Å². The molecule has 0 rings (SSSR count). The van der Waals surface area contributed by atoms with Gasteiger partial charge in [0.2, 0.25) is 0 Å². The lowest BCUT2D eigenvalue weighted by Gasteiger charge is -1.89. The monoisotopic (exact) mass is 250 g/mol. The summed E-state index contributed by atoms with van der Waals surface area (Å²) in [7, 11) is 0. The first kappa shape index (κ1) is 20.2. The van der Waals surface area contributed by atoms with E-state index in [2.05, 4.69) is 27.5 Å². The van der Waals surface area contributed by atoms with Gasteiger partial charge < -0.3 is 26.0 Å². The zero-order valence-corrected chi connectivity index (χ0v) is 9.84. The van der Waals surface area contributed by atoms with Gasteiger partial charge in [-0.3, -0.25) is 0 Å². The Morgan fingerprint density at radius 1 is 1.12 bits per heavy atom. The summed E-state index contributed by atoms with van der Waals surface area (Å²) in [5, 5.41) is 7.60. The summed E-state index contributed by atoms with van der Waals surface area (Å²) in [6.07, 6.45) is -0.588. The van der Waals surface area contributed by atoms with Crippen LogP contribution in [0.25, 0.3) is 0 Å². The number of amides is 2. The first-order valence-electron chi connectivity index (χ1n) is 4.51. The Morgan fingerprint density at radius 2 is 1.35 bits per heavy atom. The summed E-state index contributed by atoms with van der Waals surface area (Å²) in [6.45, 7) is 7.07. The van der Waals surface area contributed by atoms with E-state index in [0.717, 1.165) is 6.08 Å². The second kappa shape index (κ2) is 16.2. The second-order valence-electron chi connectivity index (χ2n) is 2.05. The average molecular weight is 250 g/mol. The average Bonchev–Trinajstić information content (AvgIpc) is 2.19. The van der Waals surface area contributed by atoms with Gasteiger partial charge in [0.1, 0.15) is 0 Å². The minimum atomic E-state index is -0.981. The highest BCUT2D eigenvalue weighted by Gasteiger charge is 1.82. The van der Waals surface area contributed by atoms with Gasteiger partial charge in [0, 0.05) is 6.08 Å². The van der Waals surface area contributed by atoms with Gasteiger partial charge in [-0.2, -0.15) is 0 Å². The Hall–Kier alpha value is -2.25. The SMILES string of the molecule is C=CC(=O)O.CCOC(N)=O.CCOC(N)=O. The third-order valence-corrected chi connectivity index (χ3v) is 0.748. The maximum absolute atomic E-state index is 9.60. The van der Waals surface area contributed by atoms with Crippen molar-refractivity contribution >= 4 is 18.2 Å². The lowest BCUT2D eigenvalue weighted by Crippen LogP contribution is -2.11. The Kier molecular flexibility index (Phi) is 19.2. The Morgan fingerprint density at radius 3 is 1.35 bits per heavy atom. The Labute approximate surface area is 99.2 Å². The molecule has 0 saturated carbocycles. The standard InChI is InChI=1S/2C3H7NO2.C3H4O2/c2*1-2-6-3(4)5;1-2-3(4)5/h2*2H2,1H3,(H2,4,5);2H,1H2,(H,4,5). The molecule has 8 nitrogen and oxygen atoms in total. The molecule has 0 atom stereocenters. The van der Waals surface area contributed by atoms with Crippen molar-refractivity contribution in [2.24, 2.45) is 11.5 Å². The number of hydrogen-bond acceptors (Lipinski definition) is 5. The molecule has 0 spiro atoms. The molecule has 0 unspecified atom stereocenters. The molecule has 0 saturated heterocycles. The van der Waals surface area contributed by atoms with Crippen molar-refractivity contribution in [3.8, 4) is 0 Å². The number of ether oxygens (including phenoxy) is 2. The Balaban J connectivity index is -0.000000174. The highest BCUT2D eigenvalue weighted by Crippen LogP contribution is 1.66. The molecule has 0 fully saturated rings. The third-order valence-electron chi connectivity index (χ3n) is 0.748. The van der Waals surface area contributed by atoms with Crippen LogP contribution in [0.2, 0.25) is 0 Å². The zero-order valence-electron chi connectivity index (χ0n) is 9.84. The van der Waals surface area contributed by atoms with Crippen LogP contribution in [0.5, 0.6) is 0 Å². The number of hydrogen-bond donors (Lipinski definition) is 3. The van der Waals surface area contributed by atoms with E-state index in [1.807, 2.05) is 0 Å². The van der Waals surface area contributed by atoms with Crippen LogP contribution in [0.3, 0.4) is 0 Å². The predicted molar refractivity (Wildman–Crippen MR) is 60.3 cm³/mol. The van der Waals surface area contributed by atoms with E-state index >= 15 is 0 Å². The van der Waals surface area contributed by atoms with E-state index in [1.54, 1.807) is 13.8 Å². The summed E-state index contributed by atoms with van der Waals surface area (Å²) in [5.74, 6) is -0.981. The van der Waals surface area contributed by atoms with Crippen LogP contribution in [0.15, 0.2) is 12.7 Å². The van der Waals surface area contributed by atoms with E-state index in [1.165, 1.54) is 0 Å². The van der Waals surface area contributed by atoms with Crippen molar-refractivity contribution in [1.82, 2.24) is 0 Å². The first-order valence-corrected chi connectivity index (χ1v) is 4.51. The molecule has 8 heteroatoms. The van der Waals surface area contributed by atoms with Crippen LogP contribution in [0, 0.1) is 0 Å². The maximum Gasteiger partial charge on any atom is 0.404 e. The molecule has 0 aromatic heterocycles. The number of carbonyl (C=O) groups excluding carboxylic acids is 2. The van der Waals surface area contributed by atoms with Gasteiger partial charge in [-0.1, -0.05) is 6.58 Å². The van der Waals surface area contributed by atoms with E-state index < -0.39 is 18.2 Å². The number of carboxylic acids is 1. The van der Waals surface area contributed by atoms with Crippen LogP contribution in [0.1, 0.15) is 13.8 Å². The van der Waals surface area contributed by atoms with Crippen LogP contribution in [-0.2, 0) is 14.3 Å². The molecular weight excluding hydrogens is 232 g/mol. The molecule has 0 aliphatic rings. The first-order chi connectivity index (χ1) is 7.81. The highest BCUT2D eigenvalue weighted by atomic mass is 16.5. The summed E-state index contributed by atoms with van der Waals surface area (Å²) in [4.78, 5) is 28.4. The minimum Gasteiger partial charge on any atom is -0.478 e. The van der Waals surface area contributed by atoms with E-state index in [0.29, 0.717) is 13.2 Å². The normalized spacial score (nSPS) is 7.18. The molecule has 0 heterocycles. The van der Waals surface area contributed by atoms with Crippen molar-refractivity contribution in [2.45, 2.75) is 13.8 Å². The number of nitrogens with two attached hydrogens (primary N) is 2. The van der Waals surface area contributed by atoms with Crippen molar-refractivity contribution in [1.29, 1.82) is 0 Å². The van der Waals surface area contributed by atoms with E-state index in [-0.39, 0.29) is 0 Å². The van der Waals surface area contributed by atoms with Gasteiger partial charge >= 0.3 is 18.2 Å². The zero-order chi connectivity index (χ0) is 14.3. The molecule has 2 amide bonds. The van der Waals surface area contributed by atoms with E-state index in [4.69, 9.17) is 5.11 Å². The minimum absolute atomic E-state index is 0.356. The molecule has 0 bridgehead atoms. The fraction of sp³-hybridized carbons (Fsp3) is 0.444. The fourth-order valence-corrected chi connectivity index (χ4v) is 0.285. The topological polar surface area (TPSA) is 142 Å². The largest absolute Gasteiger partial charge is 0.478 e.